The van der Waals surface area contributed by atoms with Gasteiger partial charge in [0, 0.05) is 34.6 Å². The Morgan fingerprint density at radius 3 is 2.84 bits per heavy atom. The standard InChI is InChI=1S/C14H16Br2N2O/c15-10-3-4-12(13(16)8-10)14(19)18-7-6-17-5-1-2-11(17)9-18/h3-4,8,11H,1-2,5-7,9H2. The van der Waals surface area contributed by atoms with Crippen molar-refractivity contribution < 1.29 is 4.79 Å². The predicted octanol–water partition coefficient (Wildman–Crippen LogP) is 3.13. The number of hydrogen-bond donors (Lipinski definition) is 0. The minimum absolute atomic E-state index is 0.144. The lowest BCUT2D eigenvalue weighted by atomic mass is 10.1. The molecule has 19 heavy (non-hydrogen) atoms. The highest BCUT2D eigenvalue weighted by Crippen LogP contribution is 2.26. The number of carbonyl (C=O) groups excluding carboxylic acids is 1. The summed E-state index contributed by atoms with van der Waals surface area (Å²) in [5, 5.41) is 0. The molecule has 3 rings (SSSR count). The summed E-state index contributed by atoms with van der Waals surface area (Å²) in [7, 11) is 0. The molecule has 2 aliphatic rings. The van der Waals surface area contributed by atoms with Crippen molar-refractivity contribution in [2.24, 2.45) is 0 Å². The number of piperazine rings is 1. The molecule has 0 N–H and O–H groups in total. The molecule has 2 fully saturated rings. The largest absolute Gasteiger partial charge is 0.336 e. The highest BCUT2D eigenvalue weighted by molar-refractivity contribution is 9.11. The molecule has 1 unspecified atom stereocenters. The zero-order valence-electron chi connectivity index (χ0n) is 10.6. The van der Waals surface area contributed by atoms with Crippen molar-refractivity contribution in [3.05, 3.63) is 32.7 Å². The number of nitrogens with zero attached hydrogens (tertiary/aromatic N) is 2. The number of amides is 1. The molecule has 102 valence electrons. The maximum absolute atomic E-state index is 12.6. The maximum Gasteiger partial charge on any atom is 0.255 e. The molecule has 2 heterocycles. The van der Waals surface area contributed by atoms with Gasteiger partial charge in [-0.3, -0.25) is 9.69 Å². The maximum atomic E-state index is 12.6. The van der Waals surface area contributed by atoms with Crippen molar-refractivity contribution in [2.75, 3.05) is 26.2 Å². The van der Waals surface area contributed by atoms with E-state index in [1.165, 1.54) is 19.4 Å². The van der Waals surface area contributed by atoms with Crippen LogP contribution in [-0.2, 0) is 0 Å². The van der Waals surface area contributed by atoms with Crippen LogP contribution in [0, 0.1) is 0 Å². The van der Waals surface area contributed by atoms with E-state index >= 15 is 0 Å². The molecule has 0 spiro atoms. The smallest absolute Gasteiger partial charge is 0.255 e. The number of benzene rings is 1. The molecule has 0 aliphatic carbocycles. The van der Waals surface area contributed by atoms with Crippen LogP contribution in [0.5, 0.6) is 0 Å². The second kappa shape index (κ2) is 5.54. The number of fused-ring (bicyclic) bond motifs is 1. The average molecular weight is 388 g/mol. The van der Waals surface area contributed by atoms with E-state index in [9.17, 15) is 4.79 Å². The zero-order chi connectivity index (χ0) is 13.4. The van der Waals surface area contributed by atoms with Crippen molar-refractivity contribution in [1.29, 1.82) is 0 Å². The van der Waals surface area contributed by atoms with Gasteiger partial charge in [-0.1, -0.05) is 15.9 Å². The molecular weight excluding hydrogens is 372 g/mol. The molecule has 5 heteroatoms. The Kier molecular flexibility index (Phi) is 3.96. The summed E-state index contributed by atoms with van der Waals surface area (Å²) >= 11 is 6.90. The van der Waals surface area contributed by atoms with E-state index in [0.29, 0.717) is 6.04 Å². The van der Waals surface area contributed by atoms with Crippen molar-refractivity contribution in [2.45, 2.75) is 18.9 Å². The molecule has 3 nitrogen and oxygen atoms in total. The quantitative estimate of drug-likeness (QED) is 0.739. The summed E-state index contributed by atoms with van der Waals surface area (Å²) in [6.45, 7) is 3.94. The van der Waals surface area contributed by atoms with Gasteiger partial charge in [-0.2, -0.15) is 0 Å². The van der Waals surface area contributed by atoms with Crippen LogP contribution in [0.1, 0.15) is 23.2 Å². The fraction of sp³-hybridized carbons (Fsp3) is 0.500. The summed E-state index contributed by atoms with van der Waals surface area (Å²) < 4.78 is 1.84. The summed E-state index contributed by atoms with van der Waals surface area (Å²) in [6.07, 6.45) is 2.50. The van der Waals surface area contributed by atoms with Gasteiger partial charge in [0.1, 0.15) is 0 Å². The minimum atomic E-state index is 0.144. The topological polar surface area (TPSA) is 23.6 Å². The van der Waals surface area contributed by atoms with Gasteiger partial charge < -0.3 is 4.90 Å². The van der Waals surface area contributed by atoms with Crippen molar-refractivity contribution in [3.63, 3.8) is 0 Å². The van der Waals surface area contributed by atoms with Gasteiger partial charge in [0.25, 0.3) is 5.91 Å². The van der Waals surface area contributed by atoms with E-state index in [4.69, 9.17) is 0 Å². The monoisotopic (exact) mass is 386 g/mol. The van der Waals surface area contributed by atoms with E-state index in [1.54, 1.807) is 0 Å². The lowest BCUT2D eigenvalue weighted by Gasteiger charge is -2.37. The molecule has 0 saturated carbocycles. The first kappa shape index (κ1) is 13.6. The first-order chi connectivity index (χ1) is 9.15. The second-order valence-electron chi connectivity index (χ2n) is 5.21. The summed E-state index contributed by atoms with van der Waals surface area (Å²) in [6, 6.07) is 6.31. The number of rotatable bonds is 1. The summed E-state index contributed by atoms with van der Waals surface area (Å²) in [5.41, 5.74) is 0.759. The Balaban J connectivity index is 1.76. The van der Waals surface area contributed by atoms with Crippen molar-refractivity contribution in [1.82, 2.24) is 9.80 Å². The van der Waals surface area contributed by atoms with E-state index in [1.807, 2.05) is 23.1 Å². The van der Waals surface area contributed by atoms with Gasteiger partial charge in [-0.15, -0.1) is 0 Å². The molecule has 0 aromatic heterocycles. The molecular formula is C14H16Br2N2O. The summed E-state index contributed by atoms with van der Waals surface area (Å²) in [4.78, 5) is 17.1. The van der Waals surface area contributed by atoms with Gasteiger partial charge in [0.05, 0.1) is 5.56 Å². The molecule has 0 bridgehead atoms. The number of halogens is 2. The Hall–Kier alpha value is -0.390. The first-order valence-electron chi connectivity index (χ1n) is 6.63. The third-order valence-electron chi connectivity index (χ3n) is 4.04. The van der Waals surface area contributed by atoms with Gasteiger partial charge in [-0.25, -0.2) is 0 Å². The van der Waals surface area contributed by atoms with Crippen LogP contribution in [0.25, 0.3) is 0 Å². The fourth-order valence-corrected chi connectivity index (χ4v) is 4.23. The highest BCUT2D eigenvalue weighted by atomic mass is 79.9. The average Bonchev–Trinajstić information content (AvgIpc) is 2.85. The third kappa shape index (κ3) is 2.73. The van der Waals surface area contributed by atoms with Gasteiger partial charge in [0.2, 0.25) is 0 Å². The van der Waals surface area contributed by atoms with E-state index in [0.717, 1.165) is 34.1 Å². The Morgan fingerprint density at radius 2 is 2.05 bits per heavy atom. The van der Waals surface area contributed by atoms with Crippen LogP contribution >= 0.6 is 31.9 Å². The normalized spacial score (nSPS) is 23.5. The van der Waals surface area contributed by atoms with E-state index in [2.05, 4.69) is 36.8 Å². The number of carbonyl (C=O) groups is 1. The van der Waals surface area contributed by atoms with E-state index in [-0.39, 0.29) is 5.91 Å². The third-order valence-corrected chi connectivity index (χ3v) is 5.19. The molecule has 2 saturated heterocycles. The molecule has 0 radical (unpaired) electrons. The lowest BCUT2D eigenvalue weighted by molar-refractivity contribution is 0.0570. The molecule has 2 aliphatic heterocycles. The van der Waals surface area contributed by atoms with Crippen molar-refractivity contribution >= 4 is 37.8 Å². The van der Waals surface area contributed by atoms with Gasteiger partial charge in [0.15, 0.2) is 0 Å². The lowest BCUT2D eigenvalue weighted by Crippen LogP contribution is -2.52. The fourth-order valence-electron chi connectivity index (χ4n) is 3.01. The highest BCUT2D eigenvalue weighted by Gasteiger charge is 2.33. The van der Waals surface area contributed by atoms with Crippen LogP contribution in [-0.4, -0.2) is 47.9 Å². The minimum Gasteiger partial charge on any atom is -0.336 e. The number of hydrogen-bond acceptors (Lipinski definition) is 2. The van der Waals surface area contributed by atoms with Crippen LogP contribution < -0.4 is 0 Å². The first-order valence-corrected chi connectivity index (χ1v) is 8.22. The predicted molar refractivity (Wildman–Crippen MR) is 82.3 cm³/mol. The molecule has 1 aromatic carbocycles. The van der Waals surface area contributed by atoms with Gasteiger partial charge in [-0.05, 0) is 53.5 Å². The Labute approximate surface area is 130 Å². The van der Waals surface area contributed by atoms with Crippen LogP contribution in [0.3, 0.4) is 0 Å². The van der Waals surface area contributed by atoms with Crippen LogP contribution in [0.2, 0.25) is 0 Å². The second-order valence-corrected chi connectivity index (χ2v) is 6.98. The van der Waals surface area contributed by atoms with E-state index < -0.39 is 0 Å². The van der Waals surface area contributed by atoms with Crippen molar-refractivity contribution in [3.8, 4) is 0 Å². The summed E-state index contributed by atoms with van der Waals surface area (Å²) in [5.74, 6) is 0.144. The zero-order valence-corrected chi connectivity index (χ0v) is 13.8. The molecule has 1 aromatic rings. The van der Waals surface area contributed by atoms with Crippen LogP contribution in [0.15, 0.2) is 27.1 Å². The van der Waals surface area contributed by atoms with Gasteiger partial charge >= 0.3 is 0 Å². The Morgan fingerprint density at radius 1 is 1.21 bits per heavy atom. The Bertz CT molecular complexity index is 506. The van der Waals surface area contributed by atoms with Crippen LogP contribution in [0.4, 0.5) is 0 Å². The molecule has 1 atom stereocenters. The SMILES string of the molecule is O=C(c1ccc(Br)cc1Br)N1CCN2CCCC2C1. The molecule has 1 amide bonds.